The summed E-state index contributed by atoms with van der Waals surface area (Å²) in [4.78, 5) is 129. The van der Waals surface area contributed by atoms with Crippen LogP contribution in [-0.2, 0) is 60.8 Å². The van der Waals surface area contributed by atoms with E-state index >= 15 is 0 Å². The molecule has 0 spiro atoms. The van der Waals surface area contributed by atoms with E-state index in [0.29, 0.717) is 24.9 Å². The van der Waals surface area contributed by atoms with Crippen LogP contribution in [0.2, 0.25) is 0 Å². The van der Waals surface area contributed by atoms with Crippen molar-refractivity contribution in [1.29, 1.82) is 0 Å². The second-order valence-electron chi connectivity index (χ2n) is 16.1. The van der Waals surface area contributed by atoms with Crippen molar-refractivity contribution >= 4 is 59.2 Å². The second kappa shape index (κ2) is 29.6. The zero-order chi connectivity index (χ0) is 51.8. The Kier molecular flexibility index (Phi) is 24.9. The smallest absolute Gasteiger partial charge is 0.326 e. The van der Waals surface area contributed by atoms with Crippen LogP contribution in [0, 0.1) is 0 Å². The van der Waals surface area contributed by atoms with Gasteiger partial charge in [-0.1, -0.05) is 60.7 Å². The topological polar surface area (TPSA) is 420 Å². The lowest BCUT2D eigenvalue weighted by molar-refractivity contribution is -0.142. The largest absolute Gasteiger partial charge is 0.481 e. The van der Waals surface area contributed by atoms with E-state index in [9.17, 15) is 73.5 Å². The van der Waals surface area contributed by atoms with E-state index in [4.69, 9.17) is 11.5 Å². The Morgan fingerprint density at radius 1 is 0.551 bits per heavy atom. The van der Waals surface area contributed by atoms with Gasteiger partial charge in [-0.15, -0.1) is 0 Å². The number of hydrogen-bond acceptors (Lipinski definition) is 15. The molecule has 25 nitrogen and oxygen atoms in total. The van der Waals surface area contributed by atoms with Crippen LogP contribution in [0.4, 0.5) is 0 Å². The predicted molar refractivity (Wildman–Crippen MR) is 244 cm³/mol. The van der Waals surface area contributed by atoms with Gasteiger partial charge in [-0.2, -0.15) is 0 Å². The summed E-state index contributed by atoms with van der Waals surface area (Å²) in [6.45, 7) is 1.79. The summed E-state index contributed by atoms with van der Waals surface area (Å²) in [5.74, 6) is -11.4. The van der Waals surface area contributed by atoms with Crippen molar-refractivity contribution in [3.63, 3.8) is 0 Å². The number of nitrogens with two attached hydrogens (primary N) is 2. The maximum atomic E-state index is 13.7. The number of unbranched alkanes of at least 4 members (excludes halogenated alkanes) is 1. The Morgan fingerprint density at radius 2 is 1.04 bits per heavy atom. The van der Waals surface area contributed by atoms with E-state index in [1.165, 1.54) is 0 Å². The summed E-state index contributed by atoms with van der Waals surface area (Å²) in [5, 5.41) is 67.6. The molecule has 0 saturated carbocycles. The molecule has 2 aromatic carbocycles. The van der Waals surface area contributed by atoms with Gasteiger partial charge in [-0.25, -0.2) is 4.79 Å². The zero-order valence-corrected chi connectivity index (χ0v) is 38.4. The van der Waals surface area contributed by atoms with Crippen LogP contribution in [0.15, 0.2) is 60.7 Å². The van der Waals surface area contributed by atoms with Crippen LogP contribution in [0.25, 0.3) is 0 Å². The Hall–Kier alpha value is -7.06. The number of nitrogens with one attached hydrogen (secondary N) is 8. The molecule has 0 saturated heterocycles. The molecule has 0 heterocycles. The number of carboxylic acids is 2. The van der Waals surface area contributed by atoms with E-state index in [1.54, 1.807) is 60.7 Å². The molecule has 17 N–H and O–H groups in total. The van der Waals surface area contributed by atoms with Crippen molar-refractivity contribution in [2.75, 3.05) is 19.7 Å². The van der Waals surface area contributed by atoms with Gasteiger partial charge in [-0.3, -0.25) is 43.2 Å². The molecule has 0 aliphatic heterocycles. The number of carboxylic acid groups (broad SMARTS) is 2. The predicted octanol–water partition coefficient (Wildman–Crippen LogP) is -5.23. The summed E-state index contributed by atoms with van der Waals surface area (Å²) in [6.07, 6.45) is -3.35. The van der Waals surface area contributed by atoms with Crippen LogP contribution < -0.4 is 54.0 Å². The highest BCUT2D eigenvalue weighted by Crippen LogP contribution is 2.08. The fourth-order valence-corrected chi connectivity index (χ4v) is 6.41. The van der Waals surface area contributed by atoms with Gasteiger partial charge in [0.15, 0.2) is 0 Å². The molecule has 25 heteroatoms. The first-order valence-electron chi connectivity index (χ1n) is 21.9. The average molecular weight is 973 g/mol. The Bertz CT molecular complexity index is 2060. The average Bonchev–Trinajstić information content (AvgIpc) is 3.29. The fraction of sp³-hybridized carbons (Fsp3) is 0.500. The second-order valence-corrected chi connectivity index (χ2v) is 16.1. The lowest BCUT2D eigenvalue weighted by atomic mass is 10.0. The van der Waals surface area contributed by atoms with Crippen LogP contribution in [0.1, 0.15) is 57.6 Å². The van der Waals surface area contributed by atoms with Crippen molar-refractivity contribution in [2.45, 2.75) is 120 Å². The van der Waals surface area contributed by atoms with E-state index in [0.717, 1.165) is 26.3 Å². The first-order valence-corrected chi connectivity index (χ1v) is 21.9. The number of aliphatic hydroxyl groups excluding tert-OH is 3. The molecule has 0 aliphatic carbocycles. The first kappa shape index (κ1) is 58.1. The van der Waals surface area contributed by atoms with Crippen molar-refractivity contribution in [2.24, 2.45) is 11.5 Å². The lowest BCUT2D eigenvalue weighted by Gasteiger charge is -2.27. The number of hydrogen-bond donors (Lipinski definition) is 15. The summed E-state index contributed by atoms with van der Waals surface area (Å²) in [7, 11) is 0. The zero-order valence-electron chi connectivity index (χ0n) is 38.4. The number of amides is 8. The van der Waals surface area contributed by atoms with E-state index in [-0.39, 0.29) is 19.3 Å². The number of carbonyl (C=O) groups is 10. The molecule has 69 heavy (non-hydrogen) atoms. The van der Waals surface area contributed by atoms with E-state index < -0.39 is 139 Å². The molecule has 0 bridgehead atoms. The van der Waals surface area contributed by atoms with Gasteiger partial charge in [-0.05, 0) is 64.1 Å². The van der Waals surface area contributed by atoms with Crippen LogP contribution in [-0.4, -0.2) is 165 Å². The third-order valence-corrected chi connectivity index (χ3v) is 10.3. The molecule has 0 unspecified atom stereocenters. The Balaban J connectivity index is 2.12. The molecule has 10 atom stereocenters. The van der Waals surface area contributed by atoms with E-state index in [2.05, 4.69) is 42.5 Å². The summed E-state index contributed by atoms with van der Waals surface area (Å²) < 4.78 is 0. The molecule has 8 amide bonds. The highest BCUT2D eigenvalue weighted by atomic mass is 16.4. The van der Waals surface area contributed by atoms with Gasteiger partial charge in [0.1, 0.15) is 42.3 Å². The number of benzene rings is 2. The van der Waals surface area contributed by atoms with Crippen LogP contribution >= 0.6 is 0 Å². The van der Waals surface area contributed by atoms with Gasteiger partial charge in [0, 0.05) is 6.42 Å². The molecule has 0 radical (unpaired) electrons. The number of rotatable bonds is 30. The third-order valence-electron chi connectivity index (χ3n) is 10.3. The Morgan fingerprint density at radius 3 is 1.55 bits per heavy atom. The molecule has 2 rings (SSSR count). The fourth-order valence-electron chi connectivity index (χ4n) is 6.41. The van der Waals surface area contributed by atoms with Crippen molar-refractivity contribution < 1.29 is 73.5 Å². The molecular formula is C44H64N10O15. The highest BCUT2D eigenvalue weighted by Gasteiger charge is 2.36. The minimum Gasteiger partial charge on any atom is -0.481 e. The minimum absolute atomic E-state index is 0.0663. The first-order chi connectivity index (χ1) is 32.6. The van der Waals surface area contributed by atoms with Gasteiger partial charge >= 0.3 is 11.9 Å². The standard InChI is InChI=1S/C44H64N10O15/c1-23(37(61)52-32(22-55)41(65)53-35(24(2)56)42(66)47-21-33(58)49-29(44(68)69)16-10-11-17-45)48-43(67)36(25(3)57)54-40(64)31(20-34(59)60)51-39(63)30(19-27-14-8-5-9-15-27)50-38(62)28(46)18-26-12-6-4-7-13-26/h4-9,12-15,23-25,28-32,35-36,55-57H,10-11,16-22,45-46H2,1-3H3,(H,47,66)(H,48,67)(H,49,58)(H,50,62)(H,51,63)(H,52,61)(H,53,65)(H,54,64)(H,59,60)(H,68,69)/t23-,24+,25+,28-,29-,30-,31-,32-,35-,36-/m0/s1. The number of aliphatic carboxylic acids is 2. The molecule has 0 fully saturated rings. The molecular weight excluding hydrogens is 909 g/mol. The molecule has 2 aromatic rings. The number of aliphatic hydroxyl groups is 3. The Labute approximate surface area is 397 Å². The summed E-state index contributed by atoms with van der Waals surface area (Å²) in [5.41, 5.74) is 12.9. The third kappa shape index (κ3) is 20.8. The van der Waals surface area contributed by atoms with Crippen molar-refractivity contribution in [1.82, 2.24) is 42.5 Å². The van der Waals surface area contributed by atoms with Gasteiger partial charge in [0.2, 0.25) is 47.3 Å². The van der Waals surface area contributed by atoms with Crippen LogP contribution in [0.3, 0.4) is 0 Å². The van der Waals surface area contributed by atoms with Gasteiger partial charge < -0.3 is 79.5 Å². The maximum absolute atomic E-state index is 13.7. The number of carbonyl (C=O) groups excluding carboxylic acids is 8. The monoisotopic (exact) mass is 972 g/mol. The molecule has 0 aromatic heterocycles. The maximum Gasteiger partial charge on any atom is 0.326 e. The lowest BCUT2D eigenvalue weighted by Crippen LogP contribution is -2.62. The quantitative estimate of drug-likeness (QED) is 0.0325. The highest BCUT2D eigenvalue weighted by molar-refractivity contribution is 5.98. The SMILES string of the molecule is C[C@H](NC(=O)[C@@H](NC(=O)[C@H](CC(=O)O)NC(=O)[C@H](Cc1ccccc1)NC(=O)[C@@H](N)Cc1ccccc1)[C@@H](C)O)C(=O)N[C@@H](CO)C(=O)N[C@H](C(=O)NCC(=O)N[C@@H](CCCCN)C(=O)O)[C@@H](C)O. The van der Waals surface area contributed by atoms with Gasteiger partial charge in [0.25, 0.3) is 0 Å². The van der Waals surface area contributed by atoms with Crippen LogP contribution in [0.5, 0.6) is 0 Å². The molecule has 0 aliphatic rings. The van der Waals surface area contributed by atoms with Crippen molar-refractivity contribution in [3.05, 3.63) is 71.8 Å². The van der Waals surface area contributed by atoms with Gasteiger partial charge in [0.05, 0.1) is 37.8 Å². The summed E-state index contributed by atoms with van der Waals surface area (Å²) >= 11 is 0. The molecule has 380 valence electrons. The van der Waals surface area contributed by atoms with Crippen molar-refractivity contribution in [3.8, 4) is 0 Å². The normalized spacial score (nSPS) is 15.3. The van der Waals surface area contributed by atoms with E-state index in [1.807, 2.05) is 0 Å². The summed E-state index contributed by atoms with van der Waals surface area (Å²) in [6, 6.07) is 4.58. The minimum atomic E-state index is -1.88.